The highest BCUT2D eigenvalue weighted by atomic mass is 16.2. The molecule has 0 aliphatic carbocycles. The highest BCUT2D eigenvalue weighted by Crippen LogP contribution is 2.02. The van der Waals surface area contributed by atoms with Crippen LogP contribution in [0.5, 0.6) is 0 Å². The summed E-state index contributed by atoms with van der Waals surface area (Å²) in [7, 11) is 0. The van der Waals surface area contributed by atoms with Gasteiger partial charge < -0.3 is 10.2 Å². The van der Waals surface area contributed by atoms with Crippen molar-refractivity contribution < 1.29 is 9.59 Å². The minimum Gasteiger partial charge on any atom is -0.346 e. The first kappa shape index (κ1) is 8.04. The number of amides is 2. The Morgan fingerprint density at radius 2 is 2.27 bits per heavy atom. The molecule has 1 aliphatic rings. The van der Waals surface area contributed by atoms with Gasteiger partial charge in [-0.1, -0.05) is 0 Å². The molecule has 4 heteroatoms. The van der Waals surface area contributed by atoms with Gasteiger partial charge in [-0.2, -0.15) is 0 Å². The van der Waals surface area contributed by atoms with Crippen LogP contribution in [0.4, 0.5) is 0 Å². The Bertz CT molecular complexity index is 191. The summed E-state index contributed by atoms with van der Waals surface area (Å²) < 4.78 is 0. The van der Waals surface area contributed by atoms with E-state index in [1.54, 1.807) is 4.90 Å². The SMILES string of the molecule is CCN1C(=O)C(=O)NC[C@H]1C. The van der Waals surface area contributed by atoms with E-state index < -0.39 is 11.8 Å². The number of carbonyl (C=O) groups excluding carboxylic acids is 2. The van der Waals surface area contributed by atoms with Crippen LogP contribution in [-0.2, 0) is 9.59 Å². The predicted molar refractivity (Wildman–Crippen MR) is 39.9 cm³/mol. The molecule has 1 saturated heterocycles. The van der Waals surface area contributed by atoms with E-state index in [9.17, 15) is 9.59 Å². The Labute approximate surface area is 65.6 Å². The van der Waals surface area contributed by atoms with Crippen LogP contribution in [0, 0.1) is 0 Å². The van der Waals surface area contributed by atoms with Gasteiger partial charge in [0.2, 0.25) is 0 Å². The zero-order valence-corrected chi connectivity index (χ0v) is 6.76. The third kappa shape index (κ3) is 1.34. The van der Waals surface area contributed by atoms with Crippen LogP contribution >= 0.6 is 0 Å². The molecular formula is C7H12N2O2. The topological polar surface area (TPSA) is 49.4 Å². The molecule has 0 spiro atoms. The number of rotatable bonds is 1. The normalized spacial score (nSPS) is 25.3. The minimum atomic E-state index is -0.482. The van der Waals surface area contributed by atoms with E-state index in [1.165, 1.54) is 0 Å². The van der Waals surface area contributed by atoms with Gasteiger partial charge >= 0.3 is 11.8 Å². The molecular weight excluding hydrogens is 144 g/mol. The van der Waals surface area contributed by atoms with Gasteiger partial charge in [0.05, 0.1) is 0 Å². The summed E-state index contributed by atoms with van der Waals surface area (Å²) >= 11 is 0. The van der Waals surface area contributed by atoms with E-state index in [0.29, 0.717) is 13.1 Å². The molecule has 1 atom stereocenters. The van der Waals surface area contributed by atoms with Crippen LogP contribution in [0.15, 0.2) is 0 Å². The molecule has 0 bridgehead atoms. The van der Waals surface area contributed by atoms with E-state index in [1.807, 2.05) is 13.8 Å². The van der Waals surface area contributed by atoms with Crippen molar-refractivity contribution in [2.75, 3.05) is 13.1 Å². The van der Waals surface area contributed by atoms with Crippen LogP contribution in [0.3, 0.4) is 0 Å². The number of likely N-dealkylation sites (N-methyl/N-ethyl adjacent to an activating group) is 1. The lowest BCUT2D eigenvalue weighted by atomic mass is 10.2. The molecule has 2 amide bonds. The van der Waals surface area contributed by atoms with Crippen LogP contribution in [0.1, 0.15) is 13.8 Å². The molecule has 4 nitrogen and oxygen atoms in total. The summed E-state index contributed by atoms with van der Waals surface area (Å²) in [5.74, 6) is -0.892. The molecule has 1 aliphatic heterocycles. The average Bonchev–Trinajstić information content (AvgIpc) is 1.99. The maximum Gasteiger partial charge on any atom is 0.312 e. The van der Waals surface area contributed by atoms with Crippen LogP contribution in [0.2, 0.25) is 0 Å². The average molecular weight is 156 g/mol. The second-order valence-electron chi connectivity index (χ2n) is 2.65. The van der Waals surface area contributed by atoms with Gasteiger partial charge in [0.1, 0.15) is 0 Å². The fourth-order valence-corrected chi connectivity index (χ4v) is 1.21. The Hall–Kier alpha value is -1.06. The number of nitrogens with zero attached hydrogens (tertiary/aromatic N) is 1. The lowest BCUT2D eigenvalue weighted by Gasteiger charge is -2.31. The van der Waals surface area contributed by atoms with Gasteiger partial charge in [-0.15, -0.1) is 0 Å². The quantitative estimate of drug-likeness (QED) is 0.513. The van der Waals surface area contributed by atoms with Crippen LogP contribution in [-0.4, -0.2) is 35.8 Å². The van der Waals surface area contributed by atoms with E-state index in [4.69, 9.17) is 0 Å². The number of hydrogen-bond acceptors (Lipinski definition) is 2. The first-order valence-electron chi connectivity index (χ1n) is 3.75. The largest absolute Gasteiger partial charge is 0.346 e. The van der Waals surface area contributed by atoms with Crippen LogP contribution in [0.25, 0.3) is 0 Å². The second-order valence-corrected chi connectivity index (χ2v) is 2.65. The van der Waals surface area contributed by atoms with Crippen molar-refractivity contribution >= 4 is 11.8 Å². The molecule has 0 aromatic carbocycles. The summed E-state index contributed by atoms with van der Waals surface area (Å²) in [6, 6.07) is 0.130. The Kier molecular flexibility index (Phi) is 2.12. The zero-order valence-electron chi connectivity index (χ0n) is 6.76. The number of carbonyl (C=O) groups is 2. The highest BCUT2D eigenvalue weighted by molar-refractivity contribution is 6.35. The molecule has 0 unspecified atom stereocenters. The third-order valence-electron chi connectivity index (χ3n) is 1.89. The van der Waals surface area contributed by atoms with Gasteiger partial charge in [-0.25, -0.2) is 0 Å². The van der Waals surface area contributed by atoms with E-state index >= 15 is 0 Å². The van der Waals surface area contributed by atoms with Crippen molar-refractivity contribution in [1.82, 2.24) is 10.2 Å². The first-order valence-corrected chi connectivity index (χ1v) is 3.75. The molecule has 0 saturated carbocycles. The Morgan fingerprint density at radius 3 is 2.73 bits per heavy atom. The van der Waals surface area contributed by atoms with Gasteiger partial charge in [0, 0.05) is 19.1 Å². The van der Waals surface area contributed by atoms with Gasteiger partial charge in [0.15, 0.2) is 0 Å². The molecule has 11 heavy (non-hydrogen) atoms. The van der Waals surface area contributed by atoms with Crippen molar-refractivity contribution in [3.05, 3.63) is 0 Å². The summed E-state index contributed by atoms with van der Waals surface area (Å²) in [5.41, 5.74) is 0. The fourth-order valence-electron chi connectivity index (χ4n) is 1.21. The number of piperazine rings is 1. The zero-order chi connectivity index (χ0) is 8.43. The van der Waals surface area contributed by atoms with Crippen LogP contribution < -0.4 is 5.32 Å². The maximum absolute atomic E-state index is 11.1. The number of nitrogens with one attached hydrogen (secondary N) is 1. The predicted octanol–water partition coefficient (Wildman–Crippen LogP) is -0.647. The molecule has 1 fully saturated rings. The summed E-state index contributed by atoms with van der Waals surface area (Å²) in [6.07, 6.45) is 0. The lowest BCUT2D eigenvalue weighted by molar-refractivity contribution is -0.149. The van der Waals surface area contributed by atoms with E-state index in [2.05, 4.69) is 5.32 Å². The molecule has 0 aromatic rings. The van der Waals surface area contributed by atoms with Crippen molar-refractivity contribution in [2.24, 2.45) is 0 Å². The molecule has 0 radical (unpaired) electrons. The van der Waals surface area contributed by atoms with E-state index in [-0.39, 0.29) is 6.04 Å². The molecule has 1 rings (SSSR count). The summed E-state index contributed by atoms with van der Waals surface area (Å²) in [6.45, 7) is 4.96. The van der Waals surface area contributed by atoms with Crippen molar-refractivity contribution in [3.8, 4) is 0 Å². The maximum atomic E-state index is 11.1. The Balaban J connectivity index is 2.71. The molecule has 0 aromatic heterocycles. The standard InChI is InChI=1S/C7H12N2O2/c1-3-9-5(2)4-8-6(10)7(9)11/h5H,3-4H2,1-2H3,(H,8,10)/t5-/m1/s1. The highest BCUT2D eigenvalue weighted by Gasteiger charge is 2.29. The monoisotopic (exact) mass is 156 g/mol. The lowest BCUT2D eigenvalue weighted by Crippen LogP contribution is -2.56. The minimum absolute atomic E-state index is 0.130. The van der Waals surface area contributed by atoms with Crippen molar-refractivity contribution in [2.45, 2.75) is 19.9 Å². The van der Waals surface area contributed by atoms with Gasteiger partial charge in [-0.05, 0) is 13.8 Å². The van der Waals surface area contributed by atoms with Gasteiger partial charge in [0.25, 0.3) is 0 Å². The third-order valence-corrected chi connectivity index (χ3v) is 1.89. The summed E-state index contributed by atoms with van der Waals surface area (Å²) in [4.78, 5) is 23.5. The second kappa shape index (κ2) is 2.90. The Morgan fingerprint density at radius 1 is 1.64 bits per heavy atom. The number of hydrogen-bond donors (Lipinski definition) is 1. The molecule has 62 valence electrons. The van der Waals surface area contributed by atoms with Crippen molar-refractivity contribution in [3.63, 3.8) is 0 Å². The smallest absolute Gasteiger partial charge is 0.312 e. The van der Waals surface area contributed by atoms with Crippen molar-refractivity contribution in [1.29, 1.82) is 0 Å². The first-order chi connectivity index (χ1) is 5.16. The fraction of sp³-hybridized carbons (Fsp3) is 0.714. The van der Waals surface area contributed by atoms with Gasteiger partial charge in [-0.3, -0.25) is 9.59 Å². The summed E-state index contributed by atoms with van der Waals surface area (Å²) in [5, 5.41) is 2.52. The molecule has 1 N–H and O–H groups in total. The molecule has 1 heterocycles. The van der Waals surface area contributed by atoms with E-state index in [0.717, 1.165) is 0 Å².